The number of hydrogen-bond acceptors (Lipinski definition) is 4. The Morgan fingerprint density at radius 1 is 1.55 bits per heavy atom. The van der Waals surface area contributed by atoms with Crippen LogP contribution in [0.3, 0.4) is 0 Å². The zero-order valence-corrected chi connectivity index (χ0v) is 11.7. The van der Waals surface area contributed by atoms with Crippen molar-refractivity contribution in [2.24, 2.45) is 12.8 Å². The Kier molecular flexibility index (Phi) is 3.57. The molecule has 0 aromatic carbocycles. The number of nitriles is 1. The monoisotopic (exact) mass is 270 g/mol. The van der Waals surface area contributed by atoms with Crippen LogP contribution >= 0.6 is 0 Å². The van der Waals surface area contributed by atoms with E-state index in [9.17, 15) is 10.1 Å². The van der Waals surface area contributed by atoms with E-state index < -0.39 is 5.92 Å². The number of allylic oxidation sites excluding steroid dienone is 3. The first-order chi connectivity index (χ1) is 9.45. The van der Waals surface area contributed by atoms with Crippen LogP contribution in [0.4, 0.5) is 0 Å². The fraction of sp³-hybridized carbons (Fsp3) is 0.267. The number of hydrogen-bond donors (Lipinski definition) is 1. The van der Waals surface area contributed by atoms with Gasteiger partial charge in [0.25, 0.3) is 0 Å². The normalized spacial score (nSPS) is 18.6. The van der Waals surface area contributed by atoms with Crippen LogP contribution in [0.25, 0.3) is 0 Å². The van der Waals surface area contributed by atoms with Crippen molar-refractivity contribution in [1.82, 2.24) is 0 Å². The smallest absolute Gasteiger partial charge is 0.198 e. The molecule has 1 aromatic heterocycles. The molecule has 2 N–H and O–H groups in total. The molecule has 20 heavy (non-hydrogen) atoms. The lowest BCUT2D eigenvalue weighted by atomic mass is 9.82. The summed E-state index contributed by atoms with van der Waals surface area (Å²) >= 11 is 0. The zero-order valence-electron chi connectivity index (χ0n) is 11.7. The zero-order chi connectivity index (χ0) is 14.9. The number of nitrogens with zero attached hydrogens (tertiary/aromatic N) is 2. The molecule has 0 amide bonds. The van der Waals surface area contributed by atoms with Gasteiger partial charge in [-0.3, -0.25) is 4.79 Å². The van der Waals surface area contributed by atoms with Crippen LogP contribution < -0.4 is 10.3 Å². The van der Waals surface area contributed by atoms with Crippen LogP contribution in [0.1, 0.15) is 25.3 Å². The lowest BCUT2D eigenvalue weighted by Gasteiger charge is -2.25. The molecule has 0 saturated carbocycles. The van der Waals surface area contributed by atoms with Crippen LogP contribution in [-0.2, 0) is 16.6 Å². The lowest BCUT2D eigenvalue weighted by Crippen LogP contribution is -2.30. The van der Waals surface area contributed by atoms with Crippen LogP contribution in [0, 0.1) is 11.3 Å². The topological polar surface area (TPSA) is 80.0 Å². The first-order valence-electron chi connectivity index (χ1n) is 6.20. The summed E-state index contributed by atoms with van der Waals surface area (Å²) in [5, 5.41) is 9.38. The van der Waals surface area contributed by atoms with Crippen LogP contribution in [0.5, 0.6) is 0 Å². The molecule has 1 aliphatic heterocycles. The maximum Gasteiger partial charge on any atom is 0.198 e. The summed E-state index contributed by atoms with van der Waals surface area (Å²) in [6, 6.07) is 5.87. The standard InChI is InChI=1S/C15H15N3O2/c1-9(19)13-14(11-5-4-6-18(3)8-11)12(7-16)10(2)20-15(13)17/h4-6,8,14H,1-3H3,(H-,17,19)/p+1. The van der Waals surface area contributed by atoms with Crippen molar-refractivity contribution in [3.8, 4) is 6.07 Å². The van der Waals surface area contributed by atoms with Gasteiger partial charge in [0.15, 0.2) is 24.1 Å². The summed E-state index contributed by atoms with van der Waals surface area (Å²) in [5.74, 6) is -0.157. The van der Waals surface area contributed by atoms with Gasteiger partial charge in [0, 0.05) is 11.6 Å². The molecule has 2 rings (SSSR count). The Labute approximate surface area is 117 Å². The molecule has 1 atom stereocenters. The summed E-state index contributed by atoms with van der Waals surface area (Å²) in [7, 11) is 1.88. The van der Waals surface area contributed by atoms with Gasteiger partial charge in [-0.05, 0) is 19.9 Å². The second-order valence-corrected chi connectivity index (χ2v) is 4.75. The largest absolute Gasteiger partial charge is 0.445 e. The molecule has 0 bridgehead atoms. The fourth-order valence-electron chi connectivity index (χ4n) is 2.40. The average molecular weight is 270 g/mol. The highest BCUT2D eigenvalue weighted by atomic mass is 16.5. The first-order valence-corrected chi connectivity index (χ1v) is 6.20. The maximum atomic E-state index is 11.9. The third-order valence-corrected chi connectivity index (χ3v) is 3.28. The summed E-state index contributed by atoms with van der Waals surface area (Å²) in [6.45, 7) is 3.11. The van der Waals surface area contributed by atoms with E-state index in [1.807, 2.05) is 36.1 Å². The summed E-state index contributed by atoms with van der Waals surface area (Å²) < 4.78 is 7.20. The number of Topliss-reactive ketones (excluding diaryl/α,β-unsaturated/α-hetero) is 1. The van der Waals surface area contributed by atoms with E-state index in [2.05, 4.69) is 6.07 Å². The van der Waals surface area contributed by atoms with Gasteiger partial charge >= 0.3 is 0 Å². The maximum absolute atomic E-state index is 11.9. The van der Waals surface area contributed by atoms with Gasteiger partial charge in [-0.25, -0.2) is 4.57 Å². The molecule has 0 radical (unpaired) electrons. The summed E-state index contributed by atoms with van der Waals surface area (Å²) in [4.78, 5) is 11.9. The van der Waals surface area contributed by atoms with Crippen molar-refractivity contribution in [2.75, 3.05) is 0 Å². The molecule has 102 valence electrons. The summed E-state index contributed by atoms with van der Waals surface area (Å²) in [6.07, 6.45) is 3.75. The Morgan fingerprint density at radius 2 is 2.25 bits per heavy atom. The third kappa shape index (κ3) is 2.28. The number of rotatable bonds is 2. The molecular formula is C15H16N3O2+. The van der Waals surface area contributed by atoms with E-state index in [1.54, 1.807) is 6.92 Å². The Bertz CT molecular complexity index is 681. The van der Waals surface area contributed by atoms with Gasteiger partial charge in [-0.2, -0.15) is 5.26 Å². The molecule has 1 aromatic rings. The van der Waals surface area contributed by atoms with E-state index in [1.165, 1.54) is 6.92 Å². The molecule has 2 heterocycles. The second-order valence-electron chi connectivity index (χ2n) is 4.75. The molecule has 5 heteroatoms. The van der Waals surface area contributed by atoms with Gasteiger partial charge in [-0.15, -0.1) is 0 Å². The highest BCUT2D eigenvalue weighted by Crippen LogP contribution is 2.38. The molecule has 1 aliphatic rings. The summed E-state index contributed by atoms with van der Waals surface area (Å²) in [5.41, 5.74) is 7.42. The number of carbonyl (C=O) groups is 1. The fourth-order valence-corrected chi connectivity index (χ4v) is 2.40. The van der Waals surface area contributed by atoms with E-state index >= 15 is 0 Å². The minimum absolute atomic E-state index is 0.0745. The first kappa shape index (κ1) is 13.8. The van der Waals surface area contributed by atoms with Gasteiger partial charge in [-0.1, -0.05) is 0 Å². The molecule has 5 nitrogen and oxygen atoms in total. The minimum Gasteiger partial charge on any atom is -0.445 e. The van der Waals surface area contributed by atoms with Crippen molar-refractivity contribution in [2.45, 2.75) is 19.8 Å². The molecule has 0 fully saturated rings. The van der Waals surface area contributed by atoms with Gasteiger partial charge in [0.1, 0.15) is 12.8 Å². The highest BCUT2D eigenvalue weighted by molar-refractivity contribution is 5.96. The quantitative estimate of drug-likeness (QED) is 0.818. The second kappa shape index (κ2) is 5.17. The SMILES string of the molecule is CC(=O)C1=C(N)OC(C)=C(C#N)C1c1ccc[n+](C)c1. The van der Waals surface area contributed by atoms with Crippen LogP contribution in [0.2, 0.25) is 0 Å². The van der Waals surface area contributed by atoms with E-state index in [4.69, 9.17) is 10.5 Å². The van der Waals surface area contributed by atoms with E-state index in [0.717, 1.165) is 5.56 Å². The number of nitrogens with two attached hydrogens (primary N) is 1. The number of carbonyl (C=O) groups excluding carboxylic acids is 1. The predicted octanol–water partition coefficient (Wildman–Crippen LogP) is 1.18. The Balaban J connectivity index is 2.67. The molecule has 0 aliphatic carbocycles. The van der Waals surface area contributed by atoms with Crippen molar-refractivity contribution >= 4 is 5.78 Å². The van der Waals surface area contributed by atoms with Gasteiger partial charge < -0.3 is 10.5 Å². The average Bonchev–Trinajstić information content (AvgIpc) is 2.37. The third-order valence-electron chi connectivity index (χ3n) is 3.28. The van der Waals surface area contributed by atoms with Crippen molar-refractivity contribution in [3.63, 3.8) is 0 Å². The van der Waals surface area contributed by atoms with E-state index in [0.29, 0.717) is 16.9 Å². The minimum atomic E-state index is -0.473. The predicted molar refractivity (Wildman–Crippen MR) is 71.7 cm³/mol. The number of pyridine rings is 1. The number of ketones is 1. The lowest BCUT2D eigenvalue weighted by molar-refractivity contribution is -0.671. The van der Waals surface area contributed by atoms with Crippen molar-refractivity contribution in [3.05, 3.63) is 52.9 Å². The number of aryl methyl sites for hydroxylation is 1. The van der Waals surface area contributed by atoms with Gasteiger partial charge in [0.2, 0.25) is 0 Å². The molecular weight excluding hydrogens is 254 g/mol. The molecule has 1 unspecified atom stereocenters. The Morgan fingerprint density at radius 3 is 2.80 bits per heavy atom. The van der Waals surface area contributed by atoms with Crippen molar-refractivity contribution < 1.29 is 14.1 Å². The number of ether oxygens (including phenoxy) is 1. The van der Waals surface area contributed by atoms with Gasteiger partial charge in [0.05, 0.1) is 23.1 Å². The molecule has 0 saturated heterocycles. The Hall–Kier alpha value is -2.61. The van der Waals surface area contributed by atoms with E-state index in [-0.39, 0.29) is 11.7 Å². The molecule has 0 spiro atoms. The van der Waals surface area contributed by atoms with Crippen molar-refractivity contribution in [1.29, 1.82) is 5.26 Å². The highest BCUT2D eigenvalue weighted by Gasteiger charge is 2.34. The van der Waals surface area contributed by atoms with Crippen LogP contribution in [0.15, 0.2) is 47.3 Å². The van der Waals surface area contributed by atoms with Crippen LogP contribution in [-0.4, -0.2) is 5.78 Å². The number of aromatic nitrogens is 1.